The maximum atomic E-state index is 12.0. The minimum Gasteiger partial charge on any atom is -0.394 e. The van der Waals surface area contributed by atoms with Crippen LogP contribution in [-0.2, 0) is 6.42 Å². The first kappa shape index (κ1) is 15.5. The summed E-state index contributed by atoms with van der Waals surface area (Å²) >= 11 is 0. The second-order valence-electron chi connectivity index (χ2n) is 5.85. The maximum Gasteiger partial charge on any atom is 0.250 e. The summed E-state index contributed by atoms with van der Waals surface area (Å²) in [6, 6.07) is 13.2. The van der Waals surface area contributed by atoms with Gasteiger partial charge in [0.05, 0.1) is 12.6 Å². The molecular weight excluding hydrogens is 286 g/mol. The van der Waals surface area contributed by atoms with Crippen LogP contribution in [0.5, 0.6) is 0 Å². The summed E-state index contributed by atoms with van der Waals surface area (Å²) in [6.07, 6.45) is 10.9. The van der Waals surface area contributed by atoms with Crippen LogP contribution in [0, 0.1) is 0 Å². The number of aromatic nitrogens is 1. The monoisotopic (exact) mass is 307 g/mol. The molecule has 0 saturated carbocycles. The lowest BCUT2D eigenvalue weighted by molar-refractivity contribution is 0.224. The van der Waals surface area contributed by atoms with E-state index in [9.17, 15) is 9.90 Å². The summed E-state index contributed by atoms with van der Waals surface area (Å²) in [5, 5.41) is 9.70. The predicted octanol–water partition coefficient (Wildman–Crippen LogP) is 3.36. The molecule has 0 spiro atoms. The molecule has 1 aliphatic rings. The Balaban J connectivity index is 1.84. The molecule has 23 heavy (non-hydrogen) atoms. The smallest absolute Gasteiger partial charge is 0.250 e. The molecule has 3 nitrogen and oxygen atoms in total. The Labute approximate surface area is 136 Å². The molecule has 1 atom stereocenters. The molecule has 0 aliphatic heterocycles. The zero-order valence-electron chi connectivity index (χ0n) is 13.1. The standard InChI is InChI=1S/C20H21NO2/c22-15-19(21-12-5-4-11-20(21)23)14-16-7-6-10-18(13-16)17-8-2-1-3-9-17/h1-2,4-8,10-13,19,22H,3,9,14-15H2. The number of aliphatic hydroxyl groups is 1. The van der Waals surface area contributed by atoms with E-state index < -0.39 is 0 Å². The van der Waals surface area contributed by atoms with Gasteiger partial charge in [0.25, 0.3) is 5.56 Å². The van der Waals surface area contributed by atoms with Crippen LogP contribution in [0.4, 0.5) is 0 Å². The first-order chi connectivity index (χ1) is 11.3. The Hall–Kier alpha value is -2.39. The van der Waals surface area contributed by atoms with Crippen LogP contribution < -0.4 is 5.56 Å². The van der Waals surface area contributed by atoms with Crippen molar-refractivity contribution in [2.75, 3.05) is 6.61 Å². The second kappa shape index (κ2) is 7.25. The molecule has 0 radical (unpaired) electrons. The Morgan fingerprint density at radius 2 is 2.09 bits per heavy atom. The Kier molecular flexibility index (Phi) is 4.89. The van der Waals surface area contributed by atoms with E-state index in [1.54, 1.807) is 16.8 Å². The number of benzene rings is 1. The minimum absolute atomic E-state index is 0.0560. The van der Waals surface area contributed by atoms with E-state index in [0.717, 1.165) is 18.4 Å². The molecule has 3 rings (SSSR count). The normalized spacial score (nSPS) is 15.3. The van der Waals surface area contributed by atoms with Gasteiger partial charge in [-0.2, -0.15) is 0 Å². The lowest BCUT2D eigenvalue weighted by Gasteiger charge is -2.18. The van der Waals surface area contributed by atoms with Gasteiger partial charge >= 0.3 is 0 Å². The predicted molar refractivity (Wildman–Crippen MR) is 93.3 cm³/mol. The van der Waals surface area contributed by atoms with Crippen LogP contribution in [0.3, 0.4) is 0 Å². The zero-order valence-corrected chi connectivity index (χ0v) is 13.1. The van der Waals surface area contributed by atoms with Gasteiger partial charge in [-0.15, -0.1) is 0 Å². The van der Waals surface area contributed by atoms with Gasteiger partial charge in [-0.25, -0.2) is 0 Å². The van der Waals surface area contributed by atoms with E-state index in [1.165, 1.54) is 17.2 Å². The molecular formula is C20H21NO2. The van der Waals surface area contributed by atoms with E-state index in [2.05, 4.69) is 36.4 Å². The summed E-state index contributed by atoms with van der Waals surface area (Å²) in [5.41, 5.74) is 3.62. The first-order valence-corrected chi connectivity index (χ1v) is 8.01. The number of rotatable bonds is 5. The zero-order chi connectivity index (χ0) is 16.1. The fraction of sp³-hybridized carbons (Fsp3) is 0.250. The van der Waals surface area contributed by atoms with Crippen LogP contribution in [0.25, 0.3) is 5.57 Å². The van der Waals surface area contributed by atoms with Crippen molar-refractivity contribution in [2.45, 2.75) is 25.3 Å². The maximum absolute atomic E-state index is 12.0. The Bertz CT molecular complexity index is 786. The third kappa shape index (κ3) is 3.69. The number of hydrogen-bond acceptors (Lipinski definition) is 2. The molecule has 2 aromatic rings. The highest BCUT2D eigenvalue weighted by molar-refractivity contribution is 5.68. The molecule has 0 bridgehead atoms. The SMILES string of the molecule is O=c1ccccn1C(CO)Cc1cccc(C2=CC=CCC2)c1. The average Bonchev–Trinajstić information content (AvgIpc) is 2.61. The highest BCUT2D eigenvalue weighted by atomic mass is 16.3. The molecule has 1 N–H and O–H groups in total. The van der Waals surface area contributed by atoms with E-state index in [4.69, 9.17) is 0 Å². The fourth-order valence-electron chi connectivity index (χ4n) is 3.01. The third-order valence-corrected chi connectivity index (χ3v) is 4.24. The first-order valence-electron chi connectivity index (χ1n) is 8.01. The minimum atomic E-state index is -0.237. The van der Waals surface area contributed by atoms with Gasteiger partial charge in [0, 0.05) is 12.3 Å². The van der Waals surface area contributed by atoms with Crippen molar-refractivity contribution < 1.29 is 5.11 Å². The summed E-state index contributed by atoms with van der Waals surface area (Å²) < 4.78 is 1.61. The fourth-order valence-corrected chi connectivity index (χ4v) is 3.01. The summed E-state index contributed by atoms with van der Waals surface area (Å²) in [4.78, 5) is 12.0. The van der Waals surface area contributed by atoms with Crippen LogP contribution >= 0.6 is 0 Å². The Morgan fingerprint density at radius 3 is 2.83 bits per heavy atom. The molecule has 118 valence electrons. The van der Waals surface area contributed by atoms with Gasteiger partial charge in [0.15, 0.2) is 0 Å². The third-order valence-electron chi connectivity index (χ3n) is 4.24. The van der Waals surface area contributed by atoms with Gasteiger partial charge in [-0.1, -0.05) is 48.6 Å². The van der Waals surface area contributed by atoms with Crippen molar-refractivity contribution in [3.8, 4) is 0 Å². The van der Waals surface area contributed by atoms with Crippen molar-refractivity contribution in [3.63, 3.8) is 0 Å². The number of hydrogen-bond donors (Lipinski definition) is 1. The second-order valence-corrected chi connectivity index (χ2v) is 5.85. The molecule has 1 unspecified atom stereocenters. The number of pyridine rings is 1. The van der Waals surface area contributed by atoms with Crippen LogP contribution in [0.1, 0.15) is 30.0 Å². The lowest BCUT2D eigenvalue weighted by atomic mass is 9.94. The summed E-state index contributed by atoms with van der Waals surface area (Å²) in [7, 11) is 0. The van der Waals surface area contributed by atoms with E-state index in [1.807, 2.05) is 12.1 Å². The molecule has 0 fully saturated rings. The number of aliphatic hydroxyl groups excluding tert-OH is 1. The molecule has 1 aromatic heterocycles. The lowest BCUT2D eigenvalue weighted by Crippen LogP contribution is -2.27. The van der Waals surface area contributed by atoms with Crippen LogP contribution in [-0.4, -0.2) is 16.3 Å². The summed E-state index contributed by atoms with van der Waals surface area (Å²) in [6.45, 7) is -0.0560. The van der Waals surface area contributed by atoms with E-state index >= 15 is 0 Å². The van der Waals surface area contributed by atoms with E-state index in [-0.39, 0.29) is 18.2 Å². The molecule has 1 heterocycles. The van der Waals surface area contributed by atoms with Gasteiger partial charge in [-0.3, -0.25) is 4.79 Å². The molecule has 0 saturated heterocycles. The van der Waals surface area contributed by atoms with Crippen molar-refractivity contribution in [3.05, 3.63) is 88.4 Å². The largest absolute Gasteiger partial charge is 0.394 e. The quantitative estimate of drug-likeness (QED) is 0.920. The average molecular weight is 307 g/mol. The van der Waals surface area contributed by atoms with Gasteiger partial charge in [-0.05, 0) is 42.0 Å². The highest BCUT2D eigenvalue weighted by Crippen LogP contribution is 2.25. The van der Waals surface area contributed by atoms with Gasteiger partial charge < -0.3 is 9.67 Å². The van der Waals surface area contributed by atoms with Crippen LogP contribution in [0.15, 0.2) is 71.7 Å². The van der Waals surface area contributed by atoms with Crippen LogP contribution in [0.2, 0.25) is 0 Å². The highest BCUT2D eigenvalue weighted by Gasteiger charge is 2.12. The molecule has 1 aliphatic carbocycles. The van der Waals surface area contributed by atoms with Gasteiger partial charge in [0.2, 0.25) is 0 Å². The molecule has 0 amide bonds. The van der Waals surface area contributed by atoms with Crippen molar-refractivity contribution in [2.24, 2.45) is 0 Å². The van der Waals surface area contributed by atoms with E-state index in [0.29, 0.717) is 6.42 Å². The molecule has 3 heteroatoms. The van der Waals surface area contributed by atoms with Gasteiger partial charge in [0.1, 0.15) is 0 Å². The summed E-state index contributed by atoms with van der Waals surface area (Å²) in [5.74, 6) is 0. The van der Waals surface area contributed by atoms with Crippen molar-refractivity contribution >= 4 is 5.57 Å². The van der Waals surface area contributed by atoms with Crippen molar-refractivity contribution in [1.82, 2.24) is 4.57 Å². The number of allylic oxidation sites excluding steroid dienone is 4. The topological polar surface area (TPSA) is 42.2 Å². The molecule has 1 aromatic carbocycles. The Morgan fingerprint density at radius 1 is 1.17 bits per heavy atom. The van der Waals surface area contributed by atoms with Crippen molar-refractivity contribution in [1.29, 1.82) is 0 Å². The number of nitrogens with zero attached hydrogens (tertiary/aromatic N) is 1.